The minimum Gasteiger partial charge on any atom is -0.0620 e. The van der Waals surface area contributed by atoms with Crippen LogP contribution in [-0.2, 0) is 12.8 Å². The van der Waals surface area contributed by atoms with E-state index in [1.165, 1.54) is 51.4 Å². The maximum absolute atomic E-state index is 2.37. The minimum atomic E-state index is 0.684. The molecule has 17 heavy (non-hydrogen) atoms. The van der Waals surface area contributed by atoms with Gasteiger partial charge < -0.3 is 0 Å². The summed E-state index contributed by atoms with van der Waals surface area (Å²) in [5, 5.41) is 0. The van der Waals surface area contributed by atoms with Gasteiger partial charge in [0.25, 0.3) is 0 Å². The van der Waals surface area contributed by atoms with Crippen molar-refractivity contribution >= 4 is 0 Å². The maximum Gasteiger partial charge on any atom is -0.0211 e. The second kappa shape index (κ2) is 3.60. The number of hydrogen-bond acceptors (Lipinski definition) is 0. The number of fused-ring (bicyclic) bond motifs is 2. The molecule has 1 aromatic carbocycles. The van der Waals surface area contributed by atoms with Gasteiger partial charge in [0.2, 0.25) is 0 Å². The first-order valence-corrected chi connectivity index (χ1v) is 7.41. The molecule has 2 atom stereocenters. The van der Waals surface area contributed by atoms with Crippen molar-refractivity contribution in [1.82, 2.24) is 0 Å². The van der Waals surface area contributed by atoms with Crippen LogP contribution in [-0.4, -0.2) is 0 Å². The molecule has 1 aromatic rings. The molecule has 0 saturated heterocycles. The van der Waals surface area contributed by atoms with Crippen LogP contribution >= 0.6 is 0 Å². The first kappa shape index (κ1) is 10.2. The van der Waals surface area contributed by atoms with Crippen LogP contribution < -0.4 is 0 Å². The van der Waals surface area contributed by atoms with Crippen LogP contribution in [0.3, 0.4) is 0 Å². The van der Waals surface area contributed by atoms with E-state index < -0.39 is 0 Å². The molecule has 0 aromatic heterocycles. The van der Waals surface area contributed by atoms with Crippen molar-refractivity contribution in [3.05, 3.63) is 35.4 Å². The minimum absolute atomic E-state index is 0.684. The molecule has 2 saturated carbocycles. The third-order valence-electron chi connectivity index (χ3n) is 5.71. The zero-order valence-electron chi connectivity index (χ0n) is 10.6. The summed E-state index contributed by atoms with van der Waals surface area (Å²) in [5.41, 5.74) is 4.00. The van der Waals surface area contributed by atoms with Crippen LogP contribution in [0.15, 0.2) is 24.3 Å². The molecule has 0 aliphatic heterocycles. The molecular weight excluding hydrogens is 204 g/mol. The second-order valence-corrected chi connectivity index (χ2v) is 6.84. The molecule has 3 aliphatic carbocycles. The monoisotopic (exact) mass is 226 g/mol. The molecule has 1 spiro atoms. The third-order valence-corrected chi connectivity index (χ3v) is 5.71. The van der Waals surface area contributed by atoms with Crippen molar-refractivity contribution in [2.75, 3.05) is 0 Å². The van der Waals surface area contributed by atoms with Gasteiger partial charge in [-0.2, -0.15) is 0 Å². The Bertz CT molecular complexity index is 390. The smallest absolute Gasteiger partial charge is 0.0211 e. The molecule has 0 bridgehead atoms. The van der Waals surface area contributed by atoms with Gasteiger partial charge >= 0.3 is 0 Å². The average molecular weight is 226 g/mol. The molecule has 2 fully saturated rings. The van der Waals surface area contributed by atoms with E-state index in [1.54, 1.807) is 11.1 Å². The van der Waals surface area contributed by atoms with Gasteiger partial charge in [-0.25, -0.2) is 0 Å². The first-order valence-electron chi connectivity index (χ1n) is 7.41. The zero-order chi connectivity index (χ0) is 11.3. The van der Waals surface area contributed by atoms with Gasteiger partial charge in [-0.05, 0) is 54.1 Å². The Labute approximate surface area is 104 Å². The third kappa shape index (κ3) is 1.57. The van der Waals surface area contributed by atoms with Crippen LogP contribution in [0.1, 0.15) is 49.7 Å². The fourth-order valence-electron chi connectivity index (χ4n) is 5.08. The van der Waals surface area contributed by atoms with E-state index in [0.29, 0.717) is 5.41 Å². The summed E-state index contributed by atoms with van der Waals surface area (Å²) in [7, 11) is 0. The van der Waals surface area contributed by atoms with E-state index in [0.717, 1.165) is 11.8 Å². The van der Waals surface area contributed by atoms with Gasteiger partial charge in [0.1, 0.15) is 0 Å². The number of hydrogen-bond donors (Lipinski definition) is 0. The van der Waals surface area contributed by atoms with Gasteiger partial charge in [0.05, 0.1) is 0 Å². The quantitative estimate of drug-likeness (QED) is 0.616. The molecule has 0 nitrogen and oxygen atoms in total. The van der Waals surface area contributed by atoms with Crippen molar-refractivity contribution in [1.29, 1.82) is 0 Å². The highest BCUT2D eigenvalue weighted by molar-refractivity contribution is 5.35. The number of benzene rings is 1. The van der Waals surface area contributed by atoms with Crippen LogP contribution in [0, 0.1) is 17.3 Å². The van der Waals surface area contributed by atoms with Crippen molar-refractivity contribution < 1.29 is 0 Å². The summed E-state index contributed by atoms with van der Waals surface area (Å²) in [6.07, 6.45) is 11.9. The average Bonchev–Trinajstić information content (AvgIpc) is 2.87. The molecule has 90 valence electrons. The lowest BCUT2D eigenvalue weighted by Gasteiger charge is -2.24. The molecule has 0 radical (unpaired) electrons. The summed E-state index contributed by atoms with van der Waals surface area (Å²) in [5.74, 6) is 2.16. The summed E-state index contributed by atoms with van der Waals surface area (Å²) >= 11 is 0. The predicted octanol–water partition coefficient (Wildman–Crippen LogP) is 4.37. The SMILES string of the molecule is c1ccc2c(c1)CC1(C2)CC2CCCCC2C1. The predicted molar refractivity (Wildman–Crippen MR) is 71.0 cm³/mol. The molecule has 2 unspecified atom stereocenters. The van der Waals surface area contributed by atoms with Crippen molar-refractivity contribution in [2.45, 2.75) is 51.4 Å². The normalized spacial score (nSPS) is 33.6. The van der Waals surface area contributed by atoms with Crippen LogP contribution in [0.2, 0.25) is 0 Å². The fourth-order valence-corrected chi connectivity index (χ4v) is 5.08. The van der Waals surface area contributed by atoms with E-state index in [4.69, 9.17) is 0 Å². The highest BCUT2D eigenvalue weighted by Crippen LogP contribution is 2.56. The van der Waals surface area contributed by atoms with Crippen molar-refractivity contribution in [3.8, 4) is 0 Å². The molecule has 4 rings (SSSR count). The molecule has 0 heteroatoms. The Hall–Kier alpha value is -0.780. The van der Waals surface area contributed by atoms with Crippen molar-refractivity contribution in [3.63, 3.8) is 0 Å². The lowest BCUT2D eigenvalue weighted by atomic mass is 9.82. The van der Waals surface area contributed by atoms with Gasteiger partial charge in [0.15, 0.2) is 0 Å². The first-order chi connectivity index (χ1) is 8.35. The zero-order valence-corrected chi connectivity index (χ0v) is 10.6. The van der Waals surface area contributed by atoms with Gasteiger partial charge in [0, 0.05) is 0 Å². The molecule has 3 aliphatic rings. The fraction of sp³-hybridized carbons (Fsp3) is 0.647. The van der Waals surface area contributed by atoms with Crippen LogP contribution in [0.5, 0.6) is 0 Å². The topological polar surface area (TPSA) is 0 Å². The highest BCUT2D eigenvalue weighted by atomic mass is 14.5. The summed E-state index contributed by atoms with van der Waals surface area (Å²) in [4.78, 5) is 0. The molecule has 0 N–H and O–H groups in total. The standard InChI is InChI=1S/C17H22/c1-2-6-14-10-17(9-13(14)5-1)11-15-7-3-4-8-16(15)12-17/h1-2,5-6,15-16H,3-4,7-12H2. The maximum atomic E-state index is 2.37. The molecular formula is C17H22. The van der Waals surface area contributed by atoms with Crippen LogP contribution in [0.25, 0.3) is 0 Å². The Balaban J connectivity index is 1.61. The summed E-state index contributed by atoms with van der Waals surface area (Å²) in [6, 6.07) is 9.18. The van der Waals surface area contributed by atoms with E-state index >= 15 is 0 Å². The lowest BCUT2D eigenvalue weighted by Crippen LogP contribution is -2.17. The van der Waals surface area contributed by atoms with E-state index in [2.05, 4.69) is 24.3 Å². The Kier molecular flexibility index (Phi) is 2.16. The Morgan fingerprint density at radius 3 is 1.88 bits per heavy atom. The largest absolute Gasteiger partial charge is 0.0620 e. The highest BCUT2D eigenvalue weighted by Gasteiger charge is 2.48. The van der Waals surface area contributed by atoms with Gasteiger partial charge in [-0.3, -0.25) is 0 Å². The second-order valence-electron chi connectivity index (χ2n) is 6.84. The van der Waals surface area contributed by atoms with Gasteiger partial charge in [-0.15, -0.1) is 0 Å². The van der Waals surface area contributed by atoms with E-state index in [9.17, 15) is 0 Å². The van der Waals surface area contributed by atoms with Crippen molar-refractivity contribution in [2.24, 2.45) is 17.3 Å². The van der Waals surface area contributed by atoms with Gasteiger partial charge in [-0.1, -0.05) is 49.9 Å². The Morgan fingerprint density at radius 2 is 1.35 bits per heavy atom. The van der Waals surface area contributed by atoms with E-state index in [-0.39, 0.29) is 0 Å². The molecule has 0 amide bonds. The Morgan fingerprint density at radius 1 is 0.824 bits per heavy atom. The number of rotatable bonds is 0. The molecule has 0 heterocycles. The van der Waals surface area contributed by atoms with Crippen LogP contribution in [0.4, 0.5) is 0 Å². The van der Waals surface area contributed by atoms with E-state index in [1.807, 2.05) is 0 Å². The summed E-state index contributed by atoms with van der Waals surface area (Å²) in [6.45, 7) is 0. The lowest BCUT2D eigenvalue weighted by molar-refractivity contribution is 0.277. The summed E-state index contributed by atoms with van der Waals surface area (Å²) < 4.78 is 0.